The van der Waals surface area contributed by atoms with Crippen LogP contribution in [0.3, 0.4) is 0 Å². The zero-order chi connectivity index (χ0) is 23.2. The van der Waals surface area contributed by atoms with Crippen molar-refractivity contribution in [3.05, 3.63) is 83.7 Å². The van der Waals surface area contributed by atoms with Crippen LogP contribution in [-0.4, -0.2) is 40.0 Å². The van der Waals surface area contributed by atoms with E-state index in [1.807, 2.05) is 24.3 Å². The molecule has 1 atom stereocenters. The maximum absolute atomic E-state index is 13.3. The lowest BCUT2D eigenvalue weighted by molar-refractivity contribution is -0.132. The lowest BCUT2D eigenvalue weighted by Gasteiger charge is -2.23. The average Bonchev–Trinajstić information content (AvgIpc) is 3.42. The zero-order valence-electron chi connectivity index (χ0n) is 17.7. The summed E-state index contributed by atoms with van der Waals surface area (Å²) in [6, 6.07) is 15.0. The minimum atomic E-state index is -0.887. The second-order valence-corrected chi connectivity index (χ2v) is 8.79. The maximum Gasteiger partial charge on any atom is 0.301 e. The molecule has 2 aliphatic heterocycles. The van der Waals surface area contributed by atoms with Gasteiger partial charge >= 0.3 is 5.91 Å². The van der Waals surface area contributed by atoms with E-state index in [4.69, 9.17) is 9.47 Å². The molecule has 0 bridgehead atoms. The number of anilines is 1. The second kappa shape index (κ2) is 7.96. The highest BCUT2D eigenvalue weighted by Gasteiger charge is 2.48. The van der Waals surface area contributed by atoms with Crippen molar-refractivity contribution in [1.82, 2.24) is 9.97 Å². The first-order valence-electron chi connectivity index (χ1n) is 10.6. The SMILES string of the molecule is O=C1C(=O)N(c2nc3ccccc3s2)C(c2cccnc2)/C1=C(\O)c1ccc2c(c1)OCCO2. The average molecular weight is 471 g/mol. The standard InChI is InChI=1S/C25H17N3O5S/c29-22(14-7-8-17-18(12-14)33-11-10-32-17)20-21(15-4-3-9-26-13-15)28(24(31)23(20)30)25-27-16-5-1-2-6-19(16)34-25/h1-9,12-13,21,29H,10-11H2/b22-20+. The monoisotopic (exact) mass is 471 g/mol. The number of rotatable bonds is 3. The third-order valence-electron chi connectivity index (χ3n) is 5.75. The topological polar surface area (TPSA) is 102 Å². The van der Waals surface area contributed by atoms with Gasteiger partial charge < -0.3 is 14.6 Å². The van der Waals surface area contributed by atoms with Crippen LogP contribution in [-0.2, 0) is 9.59 Å². The van der Waals surface area contributed by atoms with Crippen LogP contribution in [0.4, 0.5) is 5.13 Å². The van der Waals surface area contributed by atoms with Crippen LogP contribution in [0.15, 0.2) is 72.6 Å². The van der Waals surface area contributed by atoms with Crippen LogP contribution in [0.2, 0.25) is 0 Å². The van der Waals surface area contributed by atoms with Crippen molar-refractivity contribution >= 4 is 44.1 Å². The van der Waals surface area contributed by atoms with Crippen molar-refractivity contribution in [3.63, 3.8) is 0 Å². The first-order chi connectivity index (χ1) is 16.6. The smallest absolute Gasteiger partial charge is 0.301 e. The van der Waals surface area contributed by atoms with E-state index in [1.54, 1.807) is 42.7 Å². The molecule has 34 heavy (non-hydrogen) atoms. The molecular weight excluding hydrogens is 454 g/mol. The quantitative estimate of drug-likeness (QED) is 0.273. The molecule has 8 nitrogen and oxygen atoms in total. The Hall–Kier alpha value is -4.24. The Morgan fingerprint density at radius 2 is 1.85 bits per heavy atom. The van der Waals surface area contributed by atoms with Gasteiger partial charge in [0.25, 0.3) is 5.78 Å². The molecule has 1 unspecified atom stereocenters. The van der Waals surface area contributed by atoms with Gasteiger partial charge in [-0.2, -0.15) is 0 Å². The summed E-state index contributed by atoms with van der Waals surface area (Å²) in [5.41, 5.74) is 1.62. The summed E-state index contributed by atoms with van der Waals surface area (Å²) in [5, 5.41) is 11.7. The van der Waals surface area contributed by atoms with E-state index in [-0.39, 0.29) is 11.3 Å². The molecule has 1 fully saturated rings. The molecule has 0 saturated carbocycles. The number of hydrogen-bond donors (Lipinski definition) is 1. The van der Waals surface area contributed by atoms with Gasteiger partial charge in [0.05, 0.1) is 21.8 Å². The Morgan fingerprint density at radius 3 is 2.65 bits per heavy atom. The summed E-state index contributed by atoms with van der Waals surface area (Å²) >= 11 is 1.31. The molecule has 2 aliphatic rings. The van der Waals surface area contributed by atoms with Crippen LogP contribution in [0, 0.1) is 0 Å². The fourth-order valence-corrected chi connectivity index (χ4v) is 5.18. The number of fused-ring (bicyclic) bond motifs is 2. The number of ether oxygens (including phenoxy) is 2. The molecule has 4 heterocycles. The van der Waals surface area contributed by atoms with Gasteiger partial charge in [0, 0.05) is 18.0 Å². The third kappa shape index (κ3) is 3.20. The Balaban J connectivity index is 1.53. The van der Waals surface area contributed by atoms with Crippen LogP contribution in [0.25, 0.3) is 16.0 Å². The predicted octanol–water partition coefficient (Wildman–Crippen LogP) is 4.09. The van der Waals surface area contributed by atoms with Crippen molar-refractivity contribution in [1.29, 1.82) is 0 Å². The minimum absolute atomic E-state index is 0.0334. The number of aliphatic hydroxyl groups excluding tert-OH is 1. The van der Waals surface area contributed by atoms with Gasteiger partial charge in [-0.05, 0) is 42.0 Å². The lowest BCUT2D eigenvalue weighted by Crippen LogP contribution is -2.29. The van der Waals surface area contributed by atoms with E-state index < -0.39 is 17.7 Å². The number of carbonyl (C=O) groups excluding carboxylic acids is 2. The second-order valence-electron chi connectivity index (χ2n) is 7.78. The van der Waals surface area contributed by atoms with Gasteiger partial charge in [0.15, 0.2) is 16.6 Å². The largest absolute Gasteiger partial charge is 0.507 e. The Bertz CT molecular complexity index is 1450. The Kier molecular flexibility index (Phi) is 4.77. The molecule has 168 valence electrons. The highest BCUT2D eigenvalue weighted by molar-refractivity contribution is 7.22. The number of nitrogens with zero attached hydrogens (tertiary/aromatic N) is 3. The number of ketones is 1. The molecule has 1 amide bonds. The van der Waals surface area contributed by atoms with Gasteiger partial charge in [-0.15, -0.1) is 0 Å². The number of thiazole rings is 1. The van der Waals surface area contributed by atoms with E-state index in [0.717, 1.165) is 10.2 Å². The van der Waals surface area contributed by atoms with Gasteiger partial charge in [-0.25, -0.2) is 4.98 Å². The molecule has 4 aromatic rings. The molecule has 2 aromatic heterocycles. The van der Waals surface area contributed by atoms with Crippen molar-refractivity contribution in [2.45, 2.75) is 6.04 Å². The Morgan fingerprint density at radius 1 is 1.03 bits per heavy atom. The summed E-state index contributed by atoms with van der Waals surface area (Å²) in [5.74, 6) is -0.824. The van der Waals surface area contributed by atoms with Gasteiger partial charge in [0.1, 0.15) is 19.0 Å². The zero-order valence-corrected chi connectivity index (χ0v) is 18.5. The van der Waals surface area contributed by atoms with Crippen molar-refractivity contribution in [2.24, 2.45) is 0 Å². The predicted molar refractivity (Wildman–Crippen MR) is 126 cm³/mol. The molecule has 9 heteroatoms. The fraction of sp³-hybridized carbons (Fsp3) is 0.120. The van der Waals surface area contributed by atoms with E-state index in [1.165, 1.54) is 16.2 Å². The number of benzene rings is 2. The number of hydrogen-bond acceptors (Lipinski definition) is 8. The molecular formula is C25H17N3O5S. The first kappa shape index (κ1) is 20.4. The summed E-state index contributed by atoms with van der Waals surface area (Å²) in [6.45, 7) is 0.821. The van der Waals surface area contributed by atoms with Crippen molar-refractivity contribution in [3.8, 4) is 11.5 Å². The van der Waals surface area contributed by atoms with E-state index >= 15 is 0 Å². The van der Waals surface area contributed by atoms with Crippen LogP contribution < -0.4 is 14.4 Å². The molecule has 0 spiro atoms. The highest BCUT2D eigenvalue weighted by atomic mass is 32.1. The van der Waals surface area contributed by atoms with Gasteiger partial charge in [-0.1, -0.05) is 29.5 Å². The van der Waals surface area contributed by atoms with Crippen molar-refractivity contribution < 1.29 is 24.2 Å². The number of aliphatic hydroxyl groups is 1. The Labute approximate surface area is 197 Å². The number of carbonyl (C=O) groups is 2. The molecule has 2 aromatic carbocycles. The number of para-hydroxylation sites is 1. The summed E-state index contributed by atoms with van der Waals surface area (Å²) in [7, 11) is 0. The minimum Gasteiger partial charge on any atom is -0.507 e. The molecule has 1 saturated heterocycles. The summed E-state index contributed by atoms with van der Waals surface area (Å²) in [6.07, 6.45) is 3.18. The number of pyridine rings is 1. The van der Waals surface area contributed by atoms with Crippen LogP contribution in [0.1, 0.15) is 17.2 Å². The maximum atomic E-state index is 13.3. The van der Waals surface area contributed by atoms with Gasteiger partial charge in [-0.3, -0.25) is 19.5 Å². The van der Waals surface area contributed by atoms with Crippen LogP contribution >= 0.6 is 11.3 Å². The molecule has 6 rings (SSSR count). The van der Waals surface area contributed by atoms with E-state index in [9.17, 15) is 14.7 Å². The fourth-order valence-electron chi connectivity index (χ4n) is 4.19. The lowest BCUT2D eigenvalue weighted by atomic mass is 9.96. The van der Waals surface area contributed by atoms with Gasteiger partial charge in [0.2, 0.25) is 0 Å². The third-order valence-corrected chi connectivity index (χ3v) is 6.78. The summed E-state index contributed by atoms with van der Waals surface area (Å²) < 4.78 is 12.1. The summed E-state index contributed by atoms with van der Waals surface area (Å²) in [4.78, 5) is 36.7. The number of aromatic nitrogens is 2. The molecule has 1 N–H and O–H groups in total. The first-order valence-corrected chi connectivity index (χ1v) is 11.4. The van der Waals surface area contributed by atoms with Crippen molar-refractivity contribution in [2.75, 3.05) is 18.1 Å². The van der Waals surface area contributed by atoms with E-state index in [2.05, 4.69) is 9.97 Å². The van der Waals surface area contributed by atoms with Crippen LogP contribution in [0.5, 0.6) is 11.5 Å². The molecule has 0 radical (unpaired) electrons. The van der Waals surface area contributed by atoms with E-state index in [0.29, 0.717) is 41.0 Å². The number of Topliss-reactive ketones (excluding diaryl/α,β-unsaturated/α-hetero) is 1. The normalized spacial score (nSPS) is 19.1. The number of amides is 1. The molecule has 0 aliphatic carbocycles. The highest BCUT2D eigenvalue weighted by Crippen LogP contribution is 2.44.